The summed E-state index contributed by atoms with van der Waals surface area (Å²) in [6.07, 6.45) is -0.466. The predicted octanol–water partition coefficient (Wildman–Crippen LogP) is 1.22. The van der Waals surface area contributed by atoms with Crippen molar-refractivity contribution in [1.82, 2.24) is 4.67 Å². The van der Waals surface area contributed by atoms with E-state index in [1.54, 1.807) is 0 Å². The van der Waals surface area contributed by atoms with Crippen LogP contribution in [0.5, 0.6) is 0 Å². The van der Waals surface area contributed by atoms with E-state index in [9.17, 15) is 0 Å². The fraction of sp³-hybridized carbons (Fsp3) is 1.00. The first-order chi connectivity index (χ1) is 5.04. The third-order valence-corrected chi connectivity index (χ3v) is 6.96. The van der Waals surface area contributed by atoms with Gasteiger partial charge in [0.15, 0.2) is 0 Å². The molecule has 1 aliphatic rings. The average Bonchev–Trinajstić information content (AvgIpc) is 1.86. The number of hydrogen-bond donors (Lipinski definition) is 0. The minimum absolute atomic E-state index is 0.320. The maximum absolute atomic E-state index is 5.69. The monoisotopic (exact) mass is 243 g/mol. The van der Waals surface area contributed by atoms with Gasteiger partial charge in [0.2, 0.25) is 0 Å². The van der Waals surface area contributed by atoms with Gasteiger partial charge in [0, 0.05) is 0 Å². The molecule has 1 fully saturated rings. The molecule has 5 heteroatoms. The van der Waals surface area contributed by atoms with Gasteiger partial charge in [0.05, 0.1) is 0 Å². The summed E-state index contributed by atoms with van der Waals surface area (Å²) in [7, 11) is 3.95. The first kappa shape index (κ1) is 9.91. The van der Waals surface area contributed by atoms with E-state index < -0.39 is 6.11 Å². The van der Waals surface area contributed by atoms with Gasteiger partial charge in [0.25, 0.3) is 0 Å². The Labute approximate surface area is 75.5 Å². The van der Waals surface area contributed by atoms with Crippen molar-refractivity contribution in [1.29, 1.82) is 0 Å². The van der Waals surface area contributed by atoms with Crippen molar-refractivity contribution >= 4 is 21.2 Å². The number of nitrogens with zero attached hydrogens (tertiary/aromatic N) is 1. The molecule has 0 saturated carbocycles. The first-order valence-electron chi connectivity index (χ1n) is 3.65. The topological polar surface area (TPSA) is 21.7 Å². The van der Waals surface area contributed by atoms with Crippen LogP contribution < -0.4 is 0 Å². The Hall–Kier alpha value is 0.829. The molecule has 1 heterocycles. The van der Waals surface area contributed by atoms with Gasteiger partial charge < -0.3 is 0 Å². The van der Waals surface area contributed by atoms with Crippen molar-refractivity contribution in [3.05, 3.63) is 0 Å². The van der Waals surface area contributed by atoms with Crippen LogP contribution in [0.25, 0.3) is 0 Å². The van der Waals surface area contributed by atoms with Crippen molar-refractivity contribution in [2.24, 2.45) is 0 Å². The standard InChI is InChI=1S/C6H14NO2PSe/c1-6-4-5-8-10(11,9-6)7(2)3/h6H,4-5H2,1-3H3/t6-,10-/m0/s1. The third kappa shape index (κ3) is 2.38. The molecule has 1 aliphatic heterocycles. The average molecular weight is 242 g/mol. The van der Waals surface area contributed by atoms with Gasteiger partial charge in [-0.1, -0.05) is 0 Å². The van der Waals surface area contributed by atoms with Crippen LogP contribution >= 0.6 is 6.11 Å². The van der Waals surface area contributed by atoms with E-state index in [0.717, 1.165) is 13.0 Å². The van der Waals surface area contributed by atoms with E-state index in [1.165, 1.54) is 0 Å². The van der Waals surface area contributed by atoms with E-state index in [2.05, 4.69) is 22.0 Å². The summed E-state index contributed by atoms with van der Waals surface area (Å²) in [4.78, 5) is 0. The molecule has 0 aromatic rings. The molecule has 11 heavy (non-hydrogen) atoms. The summed E-state index contributed by atoms with van der Waals surface area (Å²) in [5, 5.41) is 0. The Kier molecular flexibility index (Phi) is 3.33. The van der Waals surface area contributed by atoms with Crippen LogP contribution in [-0.2, 0) is 9.05 Å². The van der Waals surface area contributed by atoms with Crippen LogP contribution in [0.4, 0.5) is 0 Å². The van der Waals surface area contributed by atoms with Gasteiger partial charge in [-0.05, 0) is 0 Å². The number of rotatable bonds is 1. The molecular formula is C6H14NO2PSe. The van der Waals surface area contributed by atoms with Crippen LogP contribution in [0.3, 0.4) is 0 Å². The molecule has 0 aromatic heterocycles. The molecule has 66 valence electrons. The van der Waals surface area contributed by atoms with E-state index >= 15 is 0 Å². The van der Waals surface area contributed by atoms with E-state index in [0.29, 0.717) is 6.10 Å². The summed E-state index contributed by atoms with van der Waals surface area (Å²) in [5.74, 6) is 0. The Bertz CT molecular complexity index is 185. The molecule has 0 spiro atoms. The second-order valence-electron chi connectivity index (χ2n) is 2.85. The van der Waals surface area contributed by atoms with Crippen LogP contribution in [-0.4, -0.2) is 46.6 Å². The van der Waals surface area contributed by atoms with Crippen molar-refractivity contribution < 1.29 is 9.05 Å². The summed E-state index contributed by atoms with van der Waals surface area (Å²) in [6, 6.07) is 0. The SMILES string of the molecule is C[C@H]1CCO[P@@](=[Se])(N(C)C)O1. The van der Waals surface area contributed by atoms with Crippen molar-refractivity contribution in [2.45, 2.75) is 19.4 Å². The minimum atomic E-state index is -1.78. The van der Waals surface area contributed by atoms with Crippen LogP contribution in [0, 0.1) is 0 Å². The fourth-order valence-corrected chi connectivity index (χ4v) is 3.62. The van der Waals surface area contributed by atoms with Gasteiger partial charge in [0.1, 0.15) is 0 Å². The fourth-order valence-electron chi connectivity index (χ4n) is 0.854. The molecule has 0 amide bonds. The van der Waals surface area contributed by atoms with E-state index in [-0.39, 0.29) is 0 Å². The summed E-state index contributed by atoms with van der Waals surface area (Å²) in [6.45, 7) is 2.89. The third-order valence-electron chi connectivity index (χ3n) is 1.58. The van der Waals surface area contributed by atoms with E-state index in [1.807, 2.05) is 18.8 Å². The van der Waals surface area contributed by atoms with Crippen LogP contribution in [0.1, 0.15) is 13.3 Å². The molecular weight excluding hydrogens is 228 g/mol. The Balaban J connectivity index is 2.63. The molecule has 0 radical (unpaired) electrons. The zero-order chi connectivity index (χ0) is 8.48. The Morgan fingerprint density at radius 3 is 2.55 bits per heavy atom. The van der Waals surface area contributed by atoms with Gasteiger partial charge in [-0.2, -0.15) is 0 Å². The molecule has 3 nitrogen and oxygen atoms in total. The molecule has 0 unspecified atom stereocenters. The molecule has 0 aliphatic carbocycles. The van der Waals surface area contributed by atoms with Gasteiger partial charge in [-0.3, -0.25) is 0 Å². The van der Waals surface area contributed by atoms with Gasteiger partial charge >= 0.3 is 75.1 Å². The zero-order valence-electron chi connectivity index (χ0n) is 7.11. The predicted molar refractivity (Wildman–Crippen MR) is 47.5 cm³/mol. The van der Waals surface area contributed by atoms with Crippen molar-refractivity contribution in [2.75, 3.05) is 20.7 Å². The molecule has 1 saturated heterocycles. The molecule has 0 bridgehead atoms. The summed E-state index contributed by atoms with van der Waals surface area (Å²) >= 11 is 3.01. The quantitative estimate of drug-likeness (QED) is 0.509. The normalized spacial score (nSPS) is 39.5. The van der Waals surface area contributed by atoms with Crippen LogP contribution in [0.15, 0.2) is 0 Å². The Morgan fingerprint density at radius 1 is 1.55 bits per heavy atom. The van der Waals surface area contributed by atoms with Gasteiger partial charge in [-0.25, -0.2) is 0 Å². The molecule has 0 N–H and O–H groups in total. The van der Waals surface area contributed by atoms with Crippen molar-refractivity contribution in [3.63, 3.8) is 0 Å². The summed E-state index contributed by atoms with van der Waals surface area (Å²) < 4.78 is 13.3. The number of hydrogen-bond acceptors (Lipinski definition) is 3. The molecule has 0 aromatic carbocycles. The Morgan fingerprint density at radius 2 is 2.18 bits per heavy atom. The van der Waals surface area contributed by atoms with Crippen molar-refractivity contribution in [3.8, 4) is 0 Å². The molecule has 1 rings (SSSR count). The van der Waals surface area contributed by atoms with Gasteiger partial charge in [-0.15, -0.1) is 0 Å². The second kappa shape index (κ2) is 3.69. The second-order valence-corrected chi connectivity index (χ2v) is 7.96. The maximum atomic E-state index is 5.69. The zero-order valence-corrected chi connectivity index (χ0v) is 9.72. The summed E-state index contributed by atoms with van der Waals surface area (Å²) in [5.41, 5.74) is 0. The van der Waals surface area contributed by atoms with E-state index in [4.69, 9.17) is 9.05 Å². The molecule has 2 atom stereocenters. The van der Waals surface area contributed by atoms with Crippen LogP contribution in [0.2, 0.25) is 0 Å². The first-order valence-corrected chi connectivity index (χ1v) is 7.45.